The number of nitrogens with zero attached hydrogens (tertiary/aromatic N) is 3. The molecule has 0 bridgehead atoms. The highest BCUT2D eigenvalue weighted by Gasteiger charge is 2.10. The third kappa shape index (κ3) is 4.48. The van der Waals surface area contributed by atoms with Crippen molar-refractivity contribution in [3.05, 3.63) is 0 Å². The number of likely N-dealkylation sites (N-methyl/N-ethyl adjacent to an activating group) is 2. The minimum Gasteiger partial charge on any atom is -0.345 e. The van der Waals surface area contributed by atoms with Gasteiger partial charge < -0.3 is 4.90 Å². The molecule has 0 fully saturated rings. The van der Waals surface area contributed by atoms with Crippen LogP contribution in [-0.4, -0.2) is 48.9 Å². The van der Waals surface area contributed by atoms with Gasteiger partial charge in [0.05, 0.1) is 19.2 Å². The highest BCUT2D eigenvalue weighted by molar-refractivity contribution is 5.77. The number of carbonyl (C=O) groups excluding carboxylic acids is 1. The minimum atomic E-state index is 0.0691. The van der Waals surface area contributed by atoms with Crippen LogP contribution in [0.2, 0.25) is 0 Å². The average molecular weight is 183 g/mol. The smallest absolute Gasteiger partial charge is 0.236 e. The fraction of sp³-hybridized carbons (Fsp3) is 0.778. The Bertz CT molecular complexity index is 198. The molecule has 4 heteroatoms. The second kappa shape index (κ2) is 6.44. The van der Waals surface area contributed by atoms with Crippen LogP contribution in [0.25, 0.3) is 0 Å². The van der Waals surface area contributed by atoms with Crippen LogP contribution in [0.15, 0.2) is 0 Å². The summed E-state index contributed by atoms with van der Waals surface area (Å²) in [6.45, 7) is 5.98. The molecule has 0 aliphatic heterocycles. The second-order valence-electron chi connectivity index (χ2n) is 2.87. The molecule has 0 aromatic carbocycles. The standard InChI is InChI=1S/C9H17N3O/c1-4-11(3)9(13)8-12(5-2)7-6-10/h4-5,7-8H2,1-3H3. The summed E-state index contributed by atoms with van der Waals surface area (Å²) in [5.74, 6) is 0.0691. The average Bonchev–Trinajstić information content (AvgIpc) is 2.15. The van der Waals surface area contributed by atoms with E-state index in [9.17, 15) is 4.79 Å². The van der Waals surface area contributed by atoms with Crippen molar-refractivity contribution in [3.8, 4) is 6.07 Å². The maximum atomic E-state index is 11.4. The lowest BCUT2D eigenvalue weighted by Gasteiger charge is -2.20. The first-order valence-electron chi connectivity index (χ1n) is 4.48. The van der Waals surface area contributed by atoms with Gasteiger partial charge in [0.25, 0.3) is 0 Å². The molecular formula is C9H17N3O. The van der Waals surface area contributed by atoms with E-state index in [4.69, 9.17) is 5.26 Å². The van der Waals surface area contributed by atoms with Crippen molar-refractivity contribution < 1.29 is 4.79 Å². The van der Waals surface area contributed by atoms with Crippen LogP contribution in [0.4, 0.5) is 0 Å². The van der Waals surface area contributed by atoms with Crippen molar-refractivity contribution in [2.24, 2.45) is 0 Å². The monoisotopic (exact) mass is 183 g/mol. The zero-order valence-electron chi connectivity index (χ0n) is 8.58. The van der Waals surface area contributed by atoms with E-state index < -0.39 is 0 Å². The van der Waals surface area contributed by atoms with Crippen LogP contribution in [-0.2, 0) is 4.79 Å². The maximum Gasteiger partial charge on any atom is 0.236 e. The lowest BCUT2D eigenvalue weighted by atomic mass is 10.4. The molecule has 0 aromatic rings. The van der Waals surface area contributed by atoms with Crippen LogP contribution < -0.4 is 0 Å². The summed E-state index contributed by atoms with van der Waals surface area (Å²) in [5, 5.41) is 8.46. The van der Waals surface area contributed by atoms with Crippen molar-refractivity contribution in [1.29, 1.82) is 5.26 Å². The van der Waals surface area contributed by atoms with Crippen molar-refractivity contribution in [2.75, 3.05) is 33.2 Å². The molecule has 0 aromatic heterocycles. The van der Waals surface area contributed by atoms with Crippen LogP contribution in [0.5, 0.6) is 0 Å². The van der Waals surface area contributed by atoms with Gasteiger partial charge in [0, 0.05) is 13.6 Å². The van der Waals surface area contributed by atoms with Crippen LogP contribution >= 0.6 is 0 Å². The summed E-state index contributed by atoms with van der Waals surface area (Å²) in [4.78, 5) is 14.9. The van der Waals surface area contributed by atoms with Crippen LogP contribution in [0.3, 0.4) is 0 Å². The number of nitriles is 1. The van der Waals surface area contributed by atoms with Crippen LogP contribution in [0, 0.1) is 11.3 Å². The largest absolute Gasteiger partial charge is 0.345 e. The highest BCUT2D eigenvalue weighted by atomic mass is 16.2. The van der Waals surface area contributed by atoms with E-state index in [1.807, 2.05) is 24.8 Å². The number of hydrogen-bond donors (Lipinski definition) is 0. The molecule has 0 aliphatic rings. The van der Waals surface area contributed by atoms with E-state index in [1.165, 1.54) is 0 Å². The quantitative estimate of drug-likeness (QED) is 0.576. The van der Waals surface area contributed by atoms with E-state index in [1.54, 1.807) is 11.9 Å². The number of hydrogen-bond acceptors (Lipinski definition) is 3. The molecule has 0 radical (unpaired) electrons. The molecular weight excluding hydrogens is 166 g/mol. The summed E-state index contributed by atoms with van der Waals surface area (Å²) in [6.07, 6.45) is 0. The van der Waals surface area contributed by atoms with Crippen molar-refractivity contribution in [3.63, 3.8) is 0 Å². The summed E-state index contributed by atoms with van der Waals surface area (Å²) in [5.41, 5.74) is 0. The molecule has 0 N–H and O–H groups in total. The zero-order valence-corrected chi connectivity index (χ0v) is 8.58. The molecule has 1 amide bonds. The topological polar surface area (TPSA) is 47.3 Å². The van der Waals surface area contributed by atoms with Gasteiger partial charge in [-0.1, -0.05) is 6.92 Å². The van der Waals surface area contributed by atoms with Gasteiger partial charge in [0.15, 0.2) is 0 Å². The Balaban J connectivity index is 3.94. The summed E-state index contributed by atoms with van der Waals surface area (Å²) < 4.78 is 0. The molecule has 0 rings (SSSR count). The Kier molecular flexibility index (Phi) is 5.90. The number of amides is 1. The van der Waals surface area contributed by atoms with Gasteiger partial charge in [-0.05, 0) is 13.5 Å². The van der Waals surface area contributed by atoms with E-state index in [-0.39, 0.29) is 5.91 Å². The highest BCUT2D eigenvalue weighted by Crippen LogP contribution is 1.90. The van der Waals surface area contributed by atoms with Gasteiger partial charge in [0.2, 0.25) is 5.91 Å². The molecule has 0 heterocycles. The minimum absolute atomic E-state index is 0.0691. The van der Waals surface area contributed by atoms with Gasteiger partial charge in [-0.25, -0.2) is 0 Å². The van der Waals surface area contributed by atoms with Gasteiger partial charge in [-0.15, -0.1) is 0 Å². The number of carbonyl (C=O) groups is 1. The Labute approximate surface area is 79.7 Å². The van der Waals surface area contributed by atoms with Gasteiger partial charge in [-0.3, -0.25) is 9.69 Å². The summed E-state index contributed by atoms with van der Waals surface area (Å²) in [6, 6.07) is 2.04. The predicted molar refractivity (Wildman–Crippen MR) is 51.0 cm³/mol. The molecule has 74 valence electrons. The lowest BCUT2D eigenvalue weighted by Crippen LogP contribution is -2.38. The van der Waals surface area contributed by atoms with Crippen molar-refractivity contribution in [2.45, 2.75) is 13.8 Å². The Morgan fingerprint density at radius 2 is 2.00 bits per heavy atom. The Morgan fingerprint density at radius 1 is 1.38 bits per heavy atom. The van der Waals surface area contributed by atoms with E-state index >= 15 is 0 Å². The summed E-state index contributed by atoms with van der Waals surface area (Å²) >= 11 is 0. The first-order valence-corrected chi connectivity index (χ1v) is 4.48. The van der Waals surface area contributed by atoms with E-state index in [0.29, 0.717) is 19.6 Å². The third-order valence-corrected chi connectivity index (χ3v) is 2.00. The van der Waals surface area contributed by atoms with Gasteiger partial charge in [-0.2, -0.15) is 5.26 Å². The van der Waals surface area contributed by atoms with E-state index in [0.717, 1.165) is 6.54 Å². The fourth-order valence-corrected chi connectivity index (χ4v) is 0.868. The molecule has 13 heavy (non-hydrogen) atoms. The first-order chi connectivity index (χ1) is 6.15. The lowest BCUT2D eigenvalue weighted by molar-refractivity contribution is -0.130. The van der Waals surface area contributed by atoms with Gasteiger partial charge >= 0.3 is 0 Å². The molecule has 0 atom stereocenters. The predicted octanol–water partition coefficient (Wildman–Crippen LogP) is 0.310. The maximum absolute atomic E-state index is 11.4. The second-order valence-corrected chi connectivity index (χ2v) is 2.87. The van der Waals surface area contributed by atoms with Crippen molar-refractivity contribution in [1.82, 2.24) is 9.80 Å². The first kappa shape index (κ1) is 11.9. The van der Waals surface area contributed by atoms with Crippen molar-refractivity contribution >= 4 is 5.91 Å². The molecule has 0 unspecified atom stereocenters. The molecule has 4 nitrogen and oxygen atoms in total. The normalized spacial score (nSPS) is 9.77. The SMILES string of the molecule is CCN(CC#N)CC(=O)N(C)CC. The molecule has 0 saturated carbocycles. The molecule has 0 spiro atoms. The van der Waals surface area contributed by atoms with Crippen LogP contribution in [0.1, 0.15) is 13.8 Å². The molecule has 0 aliphatic carbocycles. The number of rotatable bonds is 5. The summed E-state index contributed by atoms with van der Waals surface area (Å²) in [7, 11) is 1.77. The fourth-order valence-electron chi connectivity index (χ4n) is 0.868. The van der Waals surface area contributed by atoms with E-state index in [2.05, 4.69) is 0 Å². The molecule has 0 saturated heterocycles. The third-order valence-electron chi connectivity index (χ3n) is 2.00. The van der Waals surface area contributed by atoms with Gasteiger partial charge in [0.1, 0.15) is 0 Å². The Morgan fingerprint density at radius 3 is 2.38 bits per heavy atom. The Hall–Kier alpha value is -1.08. The zero-order chi connectivity index (χ0) is 10.3.